The van der Waals surface area contributed by atoms with E-state index in [0.717, 1.165) is 11.1 Å². The minimum atomic E-state index is -0.320. The minimum Gasteiger partial charge on any atom is -0.507 e. The third-order valence-corrected chi connectivity index (χ3v) is 2.89. The van der Waals surface area contributed by atoms with Crippen LogP contribution in [0.3, 0.4) is 0 Å². The van der Waals surface area contributed by atoms with Crippen LogP contribution in [0.15, 0.2) is 16.6 Å². The first-order chi connectivity index (χ1) is 6.56. The molecule has 0 saturated heterocycles. The first-order valence-corrected chi connectivity index (χ1v) is 4.89. The molecule has 0 heterocycles. The smallest absolute Gasteiger partial charge is 0.310 e. The maximum Gasteiger partial charge on any atom is 0.310 e. The Balaban J connectivity index is 3.06. The van der Waals surface area contributed by atoms with Gasteiger partial charge in [-0.15, -0.1) is 0 Å². The molecule has 0 aliphatic carbocycles. The van der Waals surface area contributed by atoms with Crippen LogP contribution in [0.2, 0.25) is 0 Å². The van der Waals surface area contributed by atoms with E-state index in [1.54, 1.807) is 12.1 Å². The normalized spacial score (nSPS) is 9.93. The molecule has 0 unspecified atom stereocenters. The maximum atomic E-state index is 11.1. The number of methoxy groups -OCH3 is 1. The van der Waals surface area contributed by atoms with Crippen LogP contribution < -0.4 is 0 Å². The highest BCUT2D eigenvalue weighted by Gasteiger charge is 2.12. The summed E-state index contributed by atoms with van der Waals surface area (Å²) in [7, 11) is 1.34. The molecule has 0 atom stereocenters. The van der Waals surface area contributed by atoms with E-state index in [1.165, 1.54) is 7.11 Å². The zero-order valence-corrected chi connectivity index (χ0v) is 9.59. The van der Waals surface area contributed by atoms with E-state index in [4.69, 9.17) is 0 Å². The number of carbonyl (C=O) groups excluding carboxylic acids is 1. The predicted octanol–water partition coefficient (Wildman–Crippen LogP) is 2.18. The van der Waals surface area contributed by atoms with Gasteiger partial charge in [0.05, 0.1) is 18.0 Å². The first-order valence-electron chi connectivity index (χ1n) is 4.10. The van der Waals surface area contributed by atoms with Crippen molar-refractivity contribution in [2.24, 2.45) is 0 Å². The third kappa shape index (κ3) is 2.26. The molecule has 0 fully saturated rings. The number of phenols is 1. The summed E-state index contributed by atoms with van der Waals surface area (Å²) in [6.45, 7) is 1.88. The van der Waals surface area contributed by atoms with Gasteiger partial charge in [-0.05, 0) is 40.0 Å². The molecule has 0 saturated carbocycles. The SMILES string of the molecule is COC(=O)Cc1c(C)ccc(O)c1Br. The highest BCUT2D eigenvalue weighted by Crippen LogP contribution is 2.30. The Kier molecular flexibility index (Phi) is 3.52. The standard InChI is InChI=1S/C10H11BrO3/c1-6-3-4-8(12)10(11)7(6)5-9(13)14-2/h3-4,12H,5H2,1-2H3. The van der Waals surface area contributed by atoms with Crippen molar-refractivity contribution in [3.8, 4) is 5.75 Å². The van der Waals surface area contributed by atoms with E-state index in [0.29, 0.717) is 4.47 Å². The second-order valence-electron chi connectivity index (χ2n) is 2.95. The van der Waals surface area contributed by atoms with Crippen molar-refractivity contribution in [1.29, 1.82) is 0 Å². The molecule has 76 valence electrons. The number of aryl methyl sites for hydroxylation is 1. The van der Waals surface area contributed by atoms with Crippen molar-refractivity contribution in [3.63, 3.8) is 0 Å². The average Bonchev–Trinajstić information content (AvgIpc) is 2.18. The van der Waals surface area contributed by atoms with Crippen molar-refractivity contribution < 1.29 is 14.6 Å². The van der Waals surface area contributed by atoms with Gasteiger partial charge in [-0.3, -0.25) is 4.79 Å². The number of halogens is 1. The van der Waals surface area contributed by atoms with Gasteiger partial charge in [0.25, 0.3) is 0 Å². The van der Waals surface area contributed by atoms with Gasteiger partial charge in [0.2, 0.25) is 0 Å². The van der Waals surface area contributed by atoms with Crippen molar-refractivity contribution in [2.75, 3.05) is 7.11 Å². The number of benzene rings is 1. The number of hydrogen-bond donors (Lipinski definition) is 1. The van der Waals surface area contributed by atoms with Crippen LogP contribution in [0.5, 0.6) is 5.75 Å². The number of esters is 1. The lowest BCUT2D eigenvalue weighted by atomic mass is 10.1. The number of phenolic OH excluding ortho intramolecular Hbond substituents is 1. The summed E-state index contributed by atoms with van der Waals surface area (Å²) in [6.07, 6.45) is 0.164. The van der Waals surface area contributed by atoms with Crippen LogP contribution >= 0.6 is 15.9 Å². The fourth-order valence-electron chi connectivity index (χ4n) is 1.14. The highest BCUT2D eigenvalue weighted by molar-refractivity contribution is 9.10. The van der Waals surface area contributed by atoms with E-state index < -0.39 is 0 Å². The summed E-state index contributed by atoms with van der Waals surface area (Å²) in [5.74, 6) is -0.186. The molecular weight excluding hydrogens is 248 g/mol. The first kappa shape index (κ1) is 11.0. The summed E-state index contributed by atoms with van der Waals surface area (Å²) in [6, 6.07) is 3.35. The number of carbonyl (C=O) groups is 1. The Morgan fingerprint density at radius 1 is 1.57 bits per heavy atom. The maximum absolute atomic E-state index is 11.1. The van der Waals surface area contributed by atoms with Gasteiger partial charge < -0.3 is 9.84 Å². The molecule has 0 spiro atoms. The van der Waals surface area contributed by atoms with Crippen LogP contribution in [0, 0.1) is 6.92 Å². The van der Waals surface area contributed by atoms with E-state index in [-0.39, 0.29) is 18.1 Å². The Hall–Kier alpha value is -1.03. The van der Waals surface area contributed by atoms with Gasteiger partial charge in [0.15, 0.2) is 0 Å². The third-order valence-electron chi connectivity index (χ3n) is 2.01. The number of rotatable bonds is 2. The number of hydrogen-bond acceptors (Lipinski definition) is 3. The topological polar surface area (TPSA) is 46.5 Å². The predicted molar refractivity (Wildman–Crippen MR) is 56.3 cm³/mol. The van der Waals surface area contributed by atoms with E-state index in [9.17, 15) is 9.90 Å². The van der Waals surface area contributed by atoms with Gasteiger partial charge in [-0.2, -0.15) is 0 Å². The van der Waals surface area contributed by atoms with Gasteiger partial charge >= 0.3 is 5.97 Å². The van der Waals surface area contributed by atoms with Crippen molar-refractivity contribution in [2.45, 2.75) is 13.3 Å². The second kappa shape index (κ2) is 4.46. The van der Waals surface area contributed by atoms with E-state index in [1.807, 2.05) is 6.92 Å². The van der Waals surface area contributed by atoms with E-state index in [2.05, 4.69) is 20.7 Å². The molecule has 1 aromatic rings. The van der Waals surface area contributed by atoms with Crippen LogP contribution in [0.4, 0.5) is 0 Å². The molecule has 0 aliphatic heterocycles. The van der Waals surface area contributed by atoms with Gasteiger partial charge in [0, 0.05) is 0 Å². The van der Waals surface area contributed by atoms with Crippen LogP contribution in [-0.4, -0.2) is 18.2 Å². The lowest BCUT2D eigenvalue weighted by Gasteiger charge is -2.08. The Labute approximate surface area is 90.8 Å². The molecule has 0 radical (unpaired) electrons. The Morgan fingerprint density at radius 2 is 2.21 bits per heavy atom. The molecule has 1 N–H and O–H groups in total. The molecule has 3 nitrogen and oxygen atoms in total. The molecular formula is C10H11BrO3. The van der Waals surface area contributed by atoms with Gasteiger partial charge in [-0.25, -0.2) is 0 Å². The largest absolute Gasteiger partial charge is 0.507 e. The molecule has 0 bridgehead atoms. The van der Waals surface area contributed by atoms with Crippen molar-refractivity contribution >= 4 is 21.9 Å². The van der Waals surface area contributed by atoms with Crippen LogP contribution in [0.25, 0.3) is 0 Å². The zero-order valence-electron chi connectivity index (χ0n) is 8.00. The molecule has 1 aromatic carbocycles. The number of ether oxygens (including phenoxy) is 1. The highest BCUT2D eigenvalue weighted by atomic mass is 79.9. The number of aromatic hydroxyl groups is 1. The molecule has 0 aliphatic rings. The van der Waals surface area contributed by atoms with Gasteiger partial charge in [-0.1, -0.05) is 6.07 Å². The lowest BCUT2D eigenvalue weighted by molar-refractivity contribution is -0.139. The molecule has 0 amide bonds. The van der Waals surface area contributed by atoms with Crippen LogP contribution in [0.1, 0.15) is 11.1 Å². The summed E-state index contributed by atoms with van der Waals surface area (Å²) in [5, 5.41) is 9.41. The molecule has 1 rings (SSSR count). The summed E-state index contributed by atoms with van der Waals surface area (Å²) in [5.41, 5.74) is 1.71. The monoisotopic (exact) mass is 258 g/mol. The minimum absolute atomic E-state index is 0.134. The quantitative estimate of drug-likeness (QED) is 0.828. The summed E-state index contributed by atoms with van der Waals surface area (Å²) in [4.78, 5) is 11.1. The fraction of sp³-hybridized carbons (Fsp3) is 0.300. The lowest BCUT2D eigenvalue weighted by Crippen LogP contribution is -2.06. The summed E-state index contributed by atoms with van der Waals surface area (Å²) < 4.78 is 5.12. The fourth-order valence-corrected chi connectivity index (χ4v) is 1.72. The van der Waals surface area contributed by atoms with Gasteiger partial charge in [0.1, 0.15) is 5.75 Å². The second-order valence-corrected chi connectivity index (χ2v) is 3.74. The molecule has 4 heteroatoms. The van der Waals surface area contributed by atoms with Crippen LogP contribution in [-0.2, 0) is 16.0 Å². The summed E-state index contributed by atoms with van der Waals surface area (Å²) >= 11 is 3.23. The molecule has 14 heavy (non-hydrogen) atoms. The van der Waals surface area contributed by atoms with Crippen molar-refractivity contribution in [1.82, 2.24) is 0 Å². The Morgan fingerprint density at radius 3 is 2.79 bits per heavy atom. The average molecular weight is 259 g/mol. The Bertz CT molecular complexity index is 361. The molecule has 0 aromatic heterocycles. The van der Waals surface area contributed by atoms with E-state index >= 15 is 0 Å². The van der Waals surface area contributed by atoms with Crippen molar-refractivity contribution in [3.05, 3.63) is 27.7 Å². The zero-order chi connectivity index (χ0) is 10.7.